The highest BCUT2D eigenvalue weighted by molar-refractivity contribution is 6.12. The maximum atomic E-state index is 6.72. The molecule has 10 rings (SSSR count). The van der Waals surface area contributed by atoms with Gasteiger partial charge in [0.2, 0.25) is 0 Å². The van der Waals surface area contributed by atoms with Gasteiger partial charge < -0.3 is 9.15 Å². The van der Waals surface area contributed by atoms with Crippen LogP contribution in [-0.2, 0) is 5.41 Å². The molecule has 8 aromatic carbocycles. The first kappa shape index (κ1) is 29.3. The van der Waals surface area contributed by atoms with Gasteiger partial charge in [-0.15, -0.1) is 0 Å². The van der Waals surface area contributed by atoms with Crippen LogP contribution in [0.1, 0.15) is 22.3 Å². The third-order valence-corrected chi connectivity index (χ3v) is 10.5. The van der Waals surface area contributed by atoms with Crippen molar-refractivity contribution < 1.29 is 9.15 Å². The van der Waals surface area contributed by atoms with E-state index in [0.29, 0.717) is 0 Å². The smallest absolute Gasteiger partial charge is 0.136 e. The lowest BCUT2D eigenvalue weighted by Gasteiger charge is -2.41. The van der Waals surface area contributed by atoms with Crippen LogP contribution in [0.5, 0.6) is 11.5 Å². The van der Waals surface area contributed by atoms with Gasteiger partial charge in [0.05, 0.1) is 5.41 Å². The topological polar surface area (TPSA) is 22.4 Å². The van der Waals surface area contributed by atoms with Crippen LogP contribution in [0.3, 0.4) is 0 Å². The summed E-state index contributed by atoms with van der Waals surface area (Å²) < 4.78 is 12.9. The van der Waals surface area contributed by atoms with Gasteiger partial charge >= 0.3 is 0 Å². The summed E-state index contributed by atoms with van der Waals surface area (Å²) in [6.45, 7) is 0. The molecule has 0 fully saturated rings. The van der Waals surface area contributed by atoms with E-state index in [-0.39, 0.29) is 0 Å². The summed E-state index contributed by atoms with van der Waals surface area (Å²) in [7, 11) is 0. The van der Waals surface area contributed by atoms with Crippen LogP contribution in [0.2, 0.25) is 0 Å². The van der Waals surface area contributed by atoms with Crippen LogP contribution in [0, 0.1) is 0 Å². The standard InChI is InChI=1S/C49H32O2/c1-3-12-38(13-4-1)49(39-14-5-2-6-15-39)42-18-8-10-20-45(42)51-47-32-37(30-31-43(47)49)35-24-22-33(23-25-35)34-26-28-36(29-27-34)40-17-11-21-46-48(40)41-16-7-9-19-44(41)50-46/h1-32H. The molecule has 0 saturated carbocycles. The van der Waals surface area contributed by atoms with Crippen LogP contribution >= 0.6 is 0 Å². The van der Waals surface area contributed by atoms with E-state index in [9.17, 15) is 0 Å². The fourth-order valence-corrected chi connectivity index (χ4v) is 8.10. The first-order chi connectivity index (χ1) is 25.3. The van der Waals surface area contributed by atoms with Crippen molar-refractivity contribution in [2.75, 3.05) is 0 Å². The van der Waals surface area contributed by atoms with Crippen LogP contribution in [0.25, 0.3) is 55.3 Å². The number of furan rings is 1. The molecule has 0 radical (unpaired) electrons. The molecule has 0 spiro atoms. The first-order valence-corrected chi connectivity index (χ1v) is 17.4. The van der Waals surface area contributed by atoms with Crippen molar-refractivity contribution in [1.29, 1.82) is 0 Å². The third kappa shape index (κ3) is 4.65. The van der Waals surface area contributed by atoms with Crippen molar-refractivity contribution >= 4 is 21.9 Å². The average molecular weight is 653 g/mol. The fourth-order valence-electron chi connectivity index (χ4n) is 8.10. The van der Waals surface area contributed by atoms with Crippen LogP contribution in [0.4, 0.5) is 0 Å². The molecule has 9 aromatic rings. The molecular weight excluding hydrogens is 621 g/mol. The lowest BCUT2D eigenvalue weighted by atomic mass is 9.63. The van der Waals surface area contributed by atoms with Gasteiger partial charge in [0.15, 0.2) is 0 Å². The molecule has 0 saturated heterocycles. The van der Waals surface area contributed by atoms with Gasteiger partial charge in [-0.2, -0.15) is 0 Å². The highest BCUT2D eigenvalue weighted by Gasteiger charge is 2.45. The van der Waals surface area contributed by atoms with Crippen molar-refractivity contribution in [3.63, 3.8) is 0 Å². The van der Waals surface area contributed by atoms with E-state index >= 15 is 0 Å². The van der Waals surface area contributed by atoms with Gasteiger partial charge in [-0.05, 0) is 68.8 Å². The Morgan fingerprint density at radius 1 is 0.353 bits per heavy atom. The number of ether oxygens (including phenoxy) is 1. The minimum atomic E-state index is -0.516. The quantitative estimate of drug-likeness (QED) is 0.185. The van der Waals surface area contributed by atoms with Crippen LogP contribution in [-0.4, -0.2) is 0 Å². The second-order valence-electron chi connectivity index (χ2n) is 13.2. The fraction of sp³-hybridized carbons (Fsp3) is 0.0204. The maximum Gasteiger partial charge on any atom is 0.136 e. The van der Waals surface area contributed by atoms with Gasteiger partial charge in [0, 0.05) is 21.9 Å². The number of benzene rings is 8. The summed E-state index contributed by atoms with van der Waals surface area (Å²) in [6.07, 6.45) is 0. The van der Waals surface area contributed by atoms with Gasteiger partial charge in [0.25, 0.3) is 0 Å². The normalized spacial score (nSPS) is 13.0. The van der Waals surface area contributed by atoms with Gasteiger partial charge in [0.1, 0.15) is 22.7 Å². The average Bonchev–Trinajstić information content (AvgIpc) is 3.60. The zero-order chi connectivity index (χ0) is 33.8. The highest BCUT2D eigenvalue weighted by Crippen LogP contribution is 2.55. The van der Waals surface area contributed by atoms with Crippen molar-refractivity contribution in [2.45, 2.75) is 5.41 Å². The summed E-state index contributed by atoms with van der Waals surface area (Å²) in [5, 5.41) is 2.30. The Balaban J connectivity index is 1.01. The number of fused-ring (bicyclic) bond motifs is 5. The predicted octanol–water partition coefficient (Wildman–Crippen LogP) is 13.1. The summed E-state index contributed by atoms with van der Waals surface area (Å²) in [6, 6.07) is 69.0. The SMILES string of the molecule is c1ccc(C2(c3ccccc3)c3ccccc3Oc3cc(-c4ccc(-c5ccc(-c6cccc7oc8ccccc8c67)cc5)cc4)ccc32)cc1. The molecule has 0 atom stereocenters. The first-order valence-electron chi connectivity index (χ1n) is 17.4. The van der Waals surface area contributed by atoms with Crippen LogP contribution < -0.4 is 4.74 Å². The number of hydrogen-bond acceptors (Lipinski definition) is 2. The Hall–Kier alpha value is -6.64. The summed E-state index contributed by atoms with van der Waals surface area (Å²) in [4.78, 5) is 0. The van der Waals surface area contributed by atoms with Gasteiger partial charge in [-0.25, -0.2) is 0 Å². The van der Waals surface area contributed by atoms with E-state index < -0.39 is 5.41 Å². The van der Waals surface area contributed by atoms with E-state index in [1.165, 1.54) is 33.4 Å². The van der Waals surface area contributed by atoms with E-state index in [1.807, 2.05) is 18.2 Å². The van der Waals surface area contributed by atoms with E-state index in [1.54, 1.807) is 0 Å². The minimum Gasteiger partial charge on any atom is -0.457 e. The zero-order valence-corrected chi connectivity index (χ0v) is 27.8. The van der Waals surface area contributed by atoms with Crippen molar-refractivity contribution in [3.05, 3.63) is 216 Å². The number of para-hydroxylation sites is 2. The van der Waals surface area contributed by atoms with E-state index in [4.69, 9.17) is 9.15 Å². The van der Waals surface area contributed by atoms with Crippen molar-refractivity contribution in [3.8, 4) is 44.9 Å². The molecule has 51 heavy (non-hydrogen) atoms. The van der Waals surface area contributed by atoms with E-state index in [2.05, 4.69) is 176 Å². The summed E-state index contributed by atoms with van der Waals surface area (Å²) >= 11 is 0. The molecule has 0 aliphatic carbocycles. The molecule has 1 aromatic heterocycles. The largest absolute Gasteiger partial charge is 0.457 e. The summed E-state index contributed by atoms with van der Waals surface area (Å²) in [5.41, 5.74) is 13.0. The molecule has 0 N–H and O–H groups in total. The predicted molar refractivity (Wildman–Crippen MR) is 208 cm³/mol. The highest BCUT2D eigenvalue weighted by atomic mass is 16.5. The van der Waals surface area contributed by atoms with Gasteiger partial charge in [-0.3, -0.25) is 0 Å². The minimum absolute atomic E-state index is 0.516. The maximum absolute atomic E-state index is 6.72. The lowest BCUT2D eigenvalue weighted by Crippen LogP contribution is -2.34. The molecule has 0 amide bonds. The number of rotatable bonds is 5. The second-order valence-corrected chi connectivity index (χ2v) is 13.2. The van der Waals surface area contributed by atoms with Crippen molar-refractivity contribution in [1.82, 2.24) is 0 Å². The lowest BCUT2D eigenvalue weighted by molar-refractivity contribution is 0.435. The molecule has 2 heterocycles. The Morgan fingerprint density at radius 2 is 0.882 bits per heavy atom. The van der Waals surface area contributed by atoms with E-state index in [0.717, 1.165) is 55.7 Å². The Bertz CT molecular complexity index is 2650. The molecule has 2 nitrogen and oxygen atoms in total. The zero-order valence-electron chi connectivity index (χ0n) is 27.8. The molecule has 0 unspecified atom stereocenters. The number of hydrogen-bond donors (Lipinski definition) is 0. The molecule has 1 aliphatic heterocycles. The van der Waals surface area contributed by atoms with Crippen LogP contribution in [0.15, 0.2) is 199 Å². The molecule has 240 valence electrons. The Kier molecular flexibility index (Phi) is 6.75. The molecule has 0 bridgehead atoms. The molecule has 1 aliphatic rings. The van der Waals surface area contributed by atoms with Gasteiger partial charge in [-0.1, -0.05) is 170 Å². The molecule has 2 heteroatoms. The van der Waals surface area contributed by atoms with Crippen molar-refractivity contribution in [2.24, 2.45) is 0 Å². The Labute approximate surface area is 296 Å². The monoisotopic (exact) mass is 652 g/mol. The second kappa shape index (κ2) is 11.8. The molecular formula is C49H32O2. The summed E-state index contributed by atoms with van der Waals surface area (Å²) in [5.74, 6) is 1.75. The Morgan fingerprint density at radius 3 is 1.59 bits per heavy atom. The third-order valence-electron chi connectivity index (χ3n) is 10.5.